The van der Waals surface area contributed by atoms with Crippen LogP contribution in [0.2, 0.25) is 0 Å². The Labute approximate surface area is 209 Å². The smallest absolute Gasteiger partial charge is 0.330 e. The van der Waals surface area contributed by atoms with E-state index in [4.69, 9.17) is 5.11 Å². The second kappa shape index (κ2) is 13.6. The summed E-state index contributed by atoms with van der Waals surface area (Å²) in [7, 11) is 0. The highest BCUT2D eigenvalue weighted by atomic mass is 16.4. The van der Waals surface area contributed by atoms with E-state index in [1.807, 2.05) is 0 Å². The fourth-order valence-electron chi connectivity index (χ4n) is 4.08. The summed E-state index contributed by atoms with van der Waals surface area (Å²) in [5.74, 6) is -0.933. The monoisotopic (exact) mass is 474 g/mol. The van der Waals surface area contributed by atoms with Crippen LogP contribution in [0.5, 0.6) is 0 Å². The number of aliphatic carboxylic acids is 1. The number of carbonyl (C=O) groups is 3. The third kappa shape index (κ3) is 8.47. The van der Waals surface area contributed by atoms with Gasteiger partial charge in [0.1, 0.15) is 0 Å². The van der Waals surface area contributed by atoms with Crippen LogP contribution in [0.25, 0.3) is 0 Å². The van der Waals surface area contributed by atoms with Gasteiger partial charge in [-0.15, -0.1) is 0 Å². The number of carboxylic acids is 1. The third-order valence-corrected chi connectivity index (χ3v) is 6.53. The maximum Gasteiger partial charge on any atom is 0.330 e. The molecule has 0 spiro atoms. The summed E-state index contributed by atoms with van der Waals surface area (Å²) < 4.78 is 0. The van der Waals surface area contributed by atoms with Gasteiger partial charge in [0, 0.05) is 27.8 Å². The van der Waals surface area contributed by atoms with Gasteiger partial charge in [-0.2, -0.15) is 0 Å². The molecule has 0 unspecified atom stereocenters. The quantitative estimate of drug-likeness (QED) is 0.246. The Hall–Kier alpha value is -3.27. The van der Waals surface area contributed by atoms with Crippen LogP contribution in [0.1, 0.15) is 100 Å². The van der Waals surface area contributed by atoms with Crippen molar-refractivity contribution in [3.05, 3.63) is 93.1 Å². The van der Waals surface area contributed by atoms with Gasteiger partial charge in [0.05, 0.1) is 0 Å². The highest BCUT2D eigenvalue weighted by molar-refractivity contribution is 6.26. The number of carboxylic acid groups (broad SMARTS) is 1. The van der Waals surface area contributed by atoms with Crippen LogP contribution < -0.4 is 0 Å². The van der Waals surface area contributed by atoms with E-state index < -0.39 is 5.97 Å². The lowest BCUT2D eigenvalue weighted by molar-refractivity contribution is -0.132. The molecule has 0 aromatic heterocycles. The number of allylic oxidation sites excluding steroid dienone is 9. The zero-order valence-electron chi connectivity index (χ0n) is 21.7. The summed E-state index contributed by atoms with van der Waals surface area (Å²) in [5, 5.41) is 8.89. The lowest BCUT2D eigenvalue weighted by atomic mass is 9.83. The normalized spacial score (nSPS) is 15.6. The second-order valence-electron chi connectivity index (χ2n) is 9.47. The lowest BCUT2D eigenvalue weighted by Gasteiger charge is -2.18. The molecule has 0 fully saturated rings. The molecule has 4 nitrogen and oxygen atoms in total. The summed E-state index contributed by atoms with van der Waals surface area (Å²) in [6.45, 7) is 9.70. The molecule has 35 heavy (non-hydrogen) atoms. The zero-order valence-corrected chi connectivity index (χ0v) is 21.7. The van der Waals surface area contributed by atoms with Gasteiger partial charge in [0.25, 0.3) is 0 Å². The van der Waals surface area contributed by atoms with Crippen LogP contribution >= 0.6 is 0 Å². The van der Waals surface area contributed by atoms with Crippen LogP contribution in [0.3, 0.4) is 0 Å². The highest BCUT2D eigenvalue weighted by Gasteiger charge is 2.28. The molecule has 0 aliphatic heterocycles. The summed E-state index contributed by atoms with van der Waals surface area (Å²) >= 11 is 0. The Kier molecular flexibility index (Phi) is 10.8. The standard InChI is InChI=1S/C31H38O4/c1-21(11-8-12-22(2)15-10-16-24(4)31(34)35)13-9-14-23(3)19-20-26-25(5)29(32)27-17-6-7-18-28(27)30(26)33/h6-7,12-13,16-19H,8-11,14-15,20H2,1-5H3,(H,34,35)/b21-13+,22-12+,23-19+,24-16+. The van der Waals surface area contributed by atoms with E-state index >= 15 is 0 Å². The molecule has 2 rings (SSSR count). The van der Waals surface area contributed by atoms with Crippen molar-refractivity contribution in [2.45, 2.75) is 79.6 Å². The van der Waals surface area contributed by atoms with Crippen LogP contribution in [-0.4, -0.2) is 22.6 Å². The molecule has 0 bridgehead atoms. The molecule has 0 radical (unpaired) electrons. The first-order chi connectivity index (χ1) is 16.6. The number of hydrogen-bond acceptors (Lipinski definition) is 3. The van der Waals surface area contributed by atoms with Crippen LogP contribution in [0.4, 0.5) is 0 Å². The molecule has 4 heteroatoms. The van der Waals surface area contributed by atoms with Gasteiger partial charge < -0.3 is 5.11 Å². The molecule has 1 aliphatic rings. The minimum absolute atomic E-state index is 0.0334. The molecular formula is C31H38O4. The van der Waals surface area contributed by atoms with E-state index in [1.165, 1.54) is 16.7 Å². The number of benzene rings is 1. The number of hydrogen-bond donors (Lipinski definition) is 1. The predicted molar refractivity (Wildman–Crippen MR) is 143 cm³/mol. The maximum absolute atomic E-state index is 12.9. The Morgan fingerprint density at radius 2 is 1.20 bits per heavy atom. The maximum atomic E-state index is 12.9. The van der Waals surface area contributed by atoms with E-state index in [0.29, 0.717) is 34.3 Å². The molecule has 0 atom stereocenters. The first-order valence-electron chi connectivity index (χ1n) is 12.4. The molecule has 1 N–H and O–H groups in total. The van der Waals surface area contributed by atoms with Crippen molar-refractivity contribution in [1.82, 2.24) is 0 Å². The van der Waals surface area contributed by atoms with Crippen LogP contribution in [0, 0.1) is 0 Å². The van der Waals surface area contributed by atoms with Crippen molar-refractivity contribution in [2.24, 2.45) is 0 Å². The van der Waals surface area contributed by atoms with Gasteiger partial charge in [-0.1, -0.05) is 65.3 Å². The molecule has 1 aromatic carbocycles. The van der Waals surface area contributed by atoms with E-state index in [-0.39, 0.29) is 11.6 Å². The Morgan fingerprint density at radius 3 is 1.71 bits per heavy atom. The van der Waals surface area contributed by atoms with Crippen molar-refractivity contribution in [1.29, 1.82) is 0 Å². The Bertz CT molecular complexity index is 1120. The fourth-order valence-corrected chi connectivity index (χ4v) is 4.08. The summed E-state index contributed by atoms with van der Waals surface area (Å²) in [6, 6.07) is 7.06. The molecule has 1 aliphatic carbocycles. The van der Waals surface area contributed by atoms with E-state index in [2.05, 4.69) is 39.0 Å². The molecule has 186 valence electrons. The lowest BCUT2D eigenvalue weighted by Crippen LogP contribution is -2.20. The van der Waals surface area contributed by atoms with Crippen molar-refractivity contribution in [3.8, 4) is 0 Å². The molecule has 0 heterocycles. The van der Waals surface area contributed by atoms with Gasteiger partial charge in [-0.05, 0) is 79.6 Å². The van der Waals surface area contributed by atoms with Crippen molar-refractivity contribution in [2.75, 3.05) is 0 Å². The average molecular weight is 475 g/mol. The molecule has 1 aromatic rings. The first kappa shape index (κ1) is 28.0. The fraction of sp³-hybridized carbons (Fsp3) is 0.387. The number of fused-ring (bicyclic) bond motifs is 1. The van der Waals surface area contributed by atoms with Gasteiger partial charge in [0.15, 0.2) is 11.6 Å². The largest absolute Gasteiger partial charge is 0.478 e. The van der Waals surface area contributed by atoms with Gasteiger partial charge in [-0.25, -0.2) is 4.79 Å². The average Bonchev–Trinajstić information content (AvgIpc) is 2.82. The predicted octanol–water partition coefficient (Wildman–Crippen LogP) is 7.98. The van der Waals surface area contributed by atoms with E-state index in [0.717, 1.165) is 38.5 Å². The molecule has 0 amide bonds. The number of carbonyl (C=O) groups excluding carboxylic acids is 2. The first-order valence-corrected chi connectivity index (χ1v) is 12.4. The number of Topliss-reactive ketones (excluding diaryl/α,β-unsaturated/α-hetero) is 2. The topological polar surface area (TPSA) is 71.4 Å². The van der Waals surface area contributed by atoms with Crippen molar-refractivity contribution in [3.63, 3.8) is 0 Å². The zero-order chi connectivity index (χ0) is 26.0. The number of rotatable bonds is 12. The second-order valence-corrected chi connectivity index (χ2v) is 9.47. The minimum Gasteiger partial charge on any atom is -0.478 e. The van der Waals surface area contributed by atoms with Crippen LogP contribution in [-0.2, 0) is 4.79 Å². The molecule has 0 saturated heterocycles. The van der Waals surface area contributed by atoms with Gasteiger partial charge in [0.2, 0.25) is 0 Å². The summed E-state index contributed by atoms with van der Waals surface area (Å²) in [6.07, 6.45) is 14.4. The summed E-state index contributed by atoms with van der Waals surface area (Å²) in [4.78, 5) is 36.3. The molecule has 0 saturated carbocycles. The van der Waals surface area contributed by atoms with Crippen LogP contribution in [0.15, 0.2) is 82.0 Å². The van der Waals surface area contributed by atoms with E-state index in [1.54, 1.807) is 44.2 Å². The van der Waals surface area contributed by atoms with E-state index in [9.17, 15) is 14.4 Å². The van der Waals surface area contributed by atoms with Gasteiger partial charge >= 0.3 is 5.97 Å². The third-order valence-electron chi connectivity index (χ3n) is 6.53. The van der Waals surface area contributed by atoms with Crippen molar-refractivity contribution >= 4 is 17.5 Å². The number of ketones is 2. The van der Waals surface area contributed by atoms with Gasteiger partial charge in [-0.3, -0.25) is 9.59 Å². The summed E-state index contributed by atoms with van der Waals surface area (Å²) in [5.41, 5.74) is 6.45. The highest BCUT2D eigenvalue weighted by Crippen LogP contribution is 2.28. The van der Waals surface area contributed by atoms with Crippen molar-refractivity contribution < 1.29 is 19.5 Å². The minimum atomic E-state index is -0.854. The Morgan fingerprint density at radius 1 is 0.743 bits per heavy atom. The SMILES string of the molecule is CC1=C(C/C=C(\C)CC/C=C(\C)CC/C=C(\C)CC/C=C(\C)C(=O)O)C(=O)c2ccccc2C1=O. The molecular weight excluding hydrogens is 436 g/mol. The Balaban J connectivity index is 1.80.